The summed E-state index contributed by atoms with van der Waals surface area (Å²) in [6.45, 7) is 4.88. The molecule has 1 heterocycles. The zero-order valence-corrected chi connectivity index (χ0v) is 12.0. The number of rotatable bonds is 6. The zero-order valence-electron chi connectivity index (χ0n) is 12.0. The highest BCUT2D eigenvalue weighted by atomic mass is 16.5. The number of imidazole rings is 1. The summed E-state index contributed by atoms with van der Waals surface area (Å²) < 4.78 is 5.65. The van der Waals surface area contributed by atoms with Crippen LogP contribution in [0.15, 0.2) is 30.5 Å². The summed E-state index contributed by atoms with van der Waals surface area (Å²) in [6.07, 6.45) is 4.69. The van der Waals surface area contributed by atoms with Gasteiger partial charge >= 0.3 is 0 Å². The first-order chi connectivity index (χ1) is 9.70. The number of aromatic amines is 1. The Labute approximate surface area is 119 Å². The van der Waals surface area contributed by atoms with Crippen LogP contribution in [-0.4, -0.2) is 22.1 Å². The first kappa shape index (κ1) is 13.2. The molecule has 2 N–H and O–H groups in total. The minimum Gasteiger partial charge on any atom is -0.491 e. The third-order valence-corrected chi connectivity index (χ3v) is 3.30. The monoisotopic (exact) mass is 271 g/mol. The maximum atomic E-state index is 5.65. The van der Waals surface area contributed by atoms with E-state index in [1.54, 1.807) is 0 Å². The Hall–Kier alpha value is -1.81. The lowest BCUT2D eigenvalue weighted by Gasteiger charge is -2.09. The van der Waals surface area contributed by atoms with E-state index in [2.05, 4.69) is 27.4 Å². The Morgan fingerprint density at radius 2 is 2.05 bits per heavy atom. The first-order valence-electron chi connectivity index (χ1n) is 7.25. The van der Waals surface area contributed by atoms with Gasteiger partial charge in [0.25, 0.3) is 0 Å². The highest BCUT2D eigenvalue weighted by Gasteiger charge is 2.20. The third-order valence-electron chi connectivity index (χ3n) is 3.30. The fourth-order valence-electron chi connectivity index (χ4n) is 2.11. The Kier molecular flexibility index (Phi) is 3.74. The van der Waals surface area contributed by atoms with Gasteiger partial charge in [0, 0.05) is 6.04 Å². The van der Waals surface area contributed by atoms with Crippen molar-refractivity contribution in [3.63, 3.8) is 0 Å². The lowest BCUT2D eigenvalue weighted by molar-refractivity contribution is 0.242. The molecule has 0 bridgehead atoms. The van der Waals surface area contributed by atoms with Crippen LogP contribution in [0.1, 0.15) is 32.5 Å². The van der Waals surface area contributed by atoms with Crippen molar-refractivity contribution in [2.75, 3.05) is 0 Å². The molecule has 0 amide bonds. The molecule has 0 spiro atoms. The number of nitrogens with one attached hydrogen (secondary N) is 2. The highest BCUT2D eigenvalue weighted by molar-refractivity contribution is 5.59. The number of hydrogen-bond acceptors (Lipinski definition) is 3. The molecule has 106 valence electrons. The normalized spacial score (nSPS) is 14.8. The third kappa shape index (κ3) is 3.39. The molecule has 2 aromatic rings. The molecular weight excluding hydrogens is 250 g/mol. The highest BCUT2D eigenvalue weighted by Crippen LogP contribution is 2.22. The van der Waals surface area contributed by atoms with Crippen molar-refractivity contribution in [3.8, 4) is 17.0 Å². The minimum atomic E-state index is 0.202. The maximum absolute atomic E-state index is 5.65. The Bertz CT molecular complexity index is 555. The summed E-state index contributed by atoms with van der Waals surface area (Å²) in [7, 11) is 0. The van der Waals surface area contributed by atoms with E-state index >= 15 is 0 Å². The number of ether oxygens (including phenoxy) is 1. The van der Waals surface area contributed by atoms with Crippen LogP contribution in [0.4, 0.5) is 0 Å². The Balaban J connectivity index is 1.65. The summed E-state index contributed by atoms with van der Waals surface area (Å²) in [6, 6.07) is 8.82. The van der Waals surface area contributed by atoms with E-state index in [9.17, 15) is 0 Å². The van der Waals surface area contributed by atoms with Crippen molar-refractivity contribution in [1.82, 2.24) is 15.3 Å². The van der Waals surface area contributed by atoms with Crippen LogP contribution in [-0.2, 0) is 6.54 Å². The predicted molar refractivity (Wildman–Crippen MR) is 79.6 cm³/mol. The van der Waals surface area contributed by atoms with E-state index < -0.39 is 0 Å². The van der Waals surface area contributed by atoms with Gasteiger partial charge in [0.05, 0.1) is 24.5 Å². The molecule has 20 heavy (non-hydrogen) atoms. The van der Waals surface area contributed by atoms with E-state index in [0.717, 1.165) is 29.4 Å². The average molecular weight is 271 g/mol. The molecule has 1 saturated carbocycles. The molecule has 0 atom stereocenters. The summed E-state index contributed by atoms with van der Waals surface area (Å²) >= 11 is 0. The van der Waals surface area contributed by atoms with Crippen molar-refractivity contribution in [2.45, 2.75) is 45.4 Å². The zero-order chi connectivity index (χ0) is 13.9. The molecule has 1 aliphatic rings. The number of benzene rings is 1. The number of hydrogen-bond donors (Lipinski definition) is 2. The summed E-state index contributed by atoms with van der Waals surface area (Å²) in [5, 5.41) is 3.45. The van der Waals surface area contributed by atoms with Gasteiger partial charge in [0.1, 0.15) is 11.6 Å². The molecule has 4 heteroatoms. The van der Waals surface area contributed by atoms with Crippen molar-refractivity contribution < 1.29 is 4.74 Å². The molecule has 4 nitrogen and oxygen atoms in total. The van der Waals surface area contributed by atoms with Gasteiger partial charge in [-0.2, -0.15) is 0 Å². The Morgan fingerprint density at radius 1 is 1.30 bits per heavy atom. The van der Waals surface area contributed by atoms with Crippen molar-refractivity contribution >= 4 is 0 Å². The van der Waals surface area contributed by atoms with Crippen LogP contribution in [0.2, 0.25) is 0 Å². The molecular formula is C16H21N3O. The quantitative estimate of drug-likeness (QED) is 0.848. The SMILES string of the molecule is CC(C)Oc1ccc(-c2cnc(CNC3CC3)[nH]2)cc1. The molecule has 1 aromatic carbocycles. The van der Waals surface area contributed by atoms with Crippen molar-refractivity contribution in [2.24, 2.45) is 0 Å². The van der Waals surface area contributed by atoms with Gasteiger partial charge in [0.15, 0.2) is 0 Å². The lowest BCUT2D eigenvalue weighted by atomic mass is 10.1. The van der Waals surface area contributed by atoms with E-state index in [1.807, 2.05) is 32.2 Å². The van der Waals surface area contributed by atoms with Crippen LogP contribution in [0, 0.1) is 0 Å². The fourth-order valence-corrected chi connectivity index (χ4v) is 2.11. The largest absolute Gasteiger partial charge is 0.491 e. The van der Waals surface area contributed by atoms with Crippen LogP contribution < -0.4 is 10.1 Å². The lowest BCUT2D eigenvalue weighted by Crippen LogP contribution is -2.16. The molecule has 1 aromatic heterocycles. The number of nitrogens with zero attached hydrogens (tertiary/aromatic N) is 1. The molecule has 0 saturated heterocycles. The van der Waals surface area contributed by atoms with Crippen molar-refractivity contribution in [3.05, 3.63) is 36.3 Å². The second-order valence-electron chi connectivity index (χ2n) is 5.59. The van der Waals surface area contributed by atoms with Gasteiger partial charge in [-0.3, -0.25) is 0 Å². The van der Waals surface area contributed by atoms with Crippen LogP contribution in [0.3, 0.4) is 0 Å². The minimum absolute atomic E-state index is 0.202. The fraction of sp³-hybridized carbons (Fsp3) is 0.438. The van der Waals surface area contributed by atoms with Crippen LogP contribution in [0.5, 0.6) is 5.75 Å². The molecule has 0 radical (unpaired) electrons. The second-order valence-corrected chi connectivity index (χ2v) is 5.59. The van der Waals surface area contributed by atoms with Gasteiger partial charge in [-0.25, -0.2) is 4.98 Å². The standard InChI is InChI=1S/C16H21N3O/c1-11(2)20-14-7-3-12(4-8-14)15-9-18-16(19-15)10-17-13-5-6-13/h3-4,7-9,11,13,17H,5-6,10H2,1-2H3,(H,18,19). The molecule has 0 aliphatic heterocycles. The summed E-state index contributed by atoms with van der Waals surface area (Å²) in [5.74, 6) is 1.90. The van der Waals surface area contributed by atoms with Crippen LogP contribution >= 0.6 is 0 Å². The van der Waals surface area contributed by atoms with E-state index in [1.165, 1.54) is 12.8 Å². The van der Waals surface area contributed by atoms with Gasteiger partial charge in [-0.1, -0.05) is 0 Å². The Morgan fingerprint density at radius 3 is 2.70 bits per heavy atom. The average Bonchev–Trinajstić information content (AvgIpc) is 3.14. The number of aromatic nitrogens is 2. The van der Waals surface area contributed by atoms with Crippen molar-refractivity contribution in [1.29, 1.82) is 0 Å². The topological polar surface area (TPSA) is 49.9 Å². The molecule has 1 fully saturated rings. The maximum Gasteiger partial charge on any atom is 0.120 e. The predicted octanol–water partition coefficient (Wildman–Crippen LogP) is 3.12. The molecule has 3 rings (SSSR count). The van der Waals surface area contributed by atoms with Gasteiger partial charge < -0.3 is 15.0 Å². The van der Waals surface area contributed by atoms with Crippen LogP contribution in [0.25, 0.3) is 11.3 Å². The van der Waals surface area contributed by atoms with Gasteiger partial charge in [-0.15, -0.1) is 0 Å². The summed E-state index contributed by atoms with van der Waals surface area (Å²) in [5.41, 5.74) is 2.18. The van der Waals surface area contributed by atoms with Gasteiger partial charge in [-0.05, 0) is 56.5 Å². The van der Waals surface area contributed by atoms with E-state index in [-0.39, 0.29) is 6.10 Å². The molecule has 0 unspecified atom stereocenters. The smallest absolute Gasteiger partial charge is 0.120 e. The van der Waals surface area contributed by atoms with Gasteiger partial charge in [0.2, 0.25) is 0 Å². The summed E-state index contributed by atoms with van der Waals surface area (Å²) in [4.78, 5) is 7.77. The first-order valence-corrected chi connectivity index (χ1v) is 7.25. The van der Waals surface area contributed by atoms with E-state index in [4.69, 9.17) is 4.74 Å². The number of H-pyrrole nitrogens is 1. The molecule has 1 aliphatic carbocycles. The second kappa shape index (κ2) is 5.67. The van der Waals surface area contributed by atoms with E-state index in [0.29, 0.717) is 6.04 Å².